The molecule has 5 nitrogen and oxygen atoms in total. The lowest BCUT2D eigenvalue weighted by Gasteiger charge is -2.35. The van der Waals surface area contributed by atoms with E-state index in [1.807, 2.05) is 0 Å². The minimum absolute atomic E-state index is 0.410. The Labute approximate surface area is 76.3 Å². The van der Waals surface area contributed by atoms with Crippen LogP contribution in [0.5, 0.6) is 0 Å². The summed E-state index contributed by atoms with van der Waals surface area (Å²) in [6, 6.07) is 0. The fourth-order valence-corrected chi connectivity index (χ4v) is 1.66. The Morgan fingerprint density at radius 2 is 2.46 bits per heavy atom. The Kier molecular flexibility index (Phi) is 2.10. The molecule has 2 rings (SSSR count). The Hall–Kier alpha value is -1.23. The van der Waals surface area contributed by atoms with E-state index in [1.54, 1.807) is 10.9 Å². The van der Waals surface area contributed by atoms with Crippen LogP contribution in [0.25, 0.3) is 0 Å². The summed E-state index contributed by atoms with van der Waals surface area (Å²) in [6.07, 6.45) is 2.40. The topological polar surface area (TPSA) is 51.0 Å². The fraction of sp³-hybridized carbons (Fsp3) is 0.625. The van der Waals surface area contributed by atoms with Crippen LogP contribution >= 0.6 is 0 Å². The van der Waals surface area contributed by atoms with Crippen molar-refractivity contribution in [3.05, 3.63) is 11.9 Å². The van der Waals surface area contributed by atoms with E-state index in [0.29, 0.717) is 11.6 Å². The van der Waals surface area contributed by atoms with Crippen molar-refractivity contribution in [3.8, 4) is 0 Å². The Morgan fingerprint density at radius 3 is 3.00 bits per heavy atom. The molecule has 0 bridgehead atoms. The third-order valence-corrected chi connectivity index (χ3v) is 2.26. The molecule has 2 heterocycles. The van der Waals surface area contributed by atoms with E-state index >= 15 is 0 Å². The molecule has 5 heteroatoms. The van der Waals surface area contributed by atoms with Gasteiger partial charge in [0.1, 0.15) is 5.69 Å². The molecule has 0 radical (unpaired) electrons. The molecular formula is C8H12N4O. The monoisotopic (exact) mass is 180 g/mol. The first-order valence-electron chi connectivity index (χ1n) is 4.32. The van der Waals surface area contributed by atoms with Crippen LogP contribution in [0, 0.1) is 5.92 Å². The summed E-state index contributed by atoms with van der Waals surface area (Å²) in [7, 11) is 2.09. The lowest BCUT2D eigenvalue weighted by Crippen LogP contribution is -2.45. The first kappa shape index (κ1) is 8.37. The lowest BCUT2D eigenvalue weighted by molar-refractivity contribution is 0.111. The second-order valence-corrected chi connectivity index (χ2v) is 3.57. The van der Waals surface area contributed by atoms with Gasteiger partial charge < -0.3 is 4.90 Å². The van der Waals surface area contributed by atoms with Crippen molar-refractivity contribution in [1.82, 2.24) is 19.9 Å². The molecule has 1 aromatic rings. The number of carbonyl (C=O) groups excluding carboxylic acids is 1. The average Bonchev–Trinajstić information content (AvgIpc) is 2.50. The highest BCUT2D eigenvalue weighted by Gasteiger charge is 2.23. The Bertz CT molecular complexity index is 303. The Morgan fingerprint density at radius 1 is 1.69 bits per heavy atom. The normalized spacial score (nSPS) is 18.5. The van der Waals surface area contributed by atoms with Gasteiger partial charge in [-0.15, -0.1) is 5.10 Å². The third kappa shape index (κ3) is 1.75. The highest BCUT2D eigenvalue weighted by atomic mass is 16.1. The van der Waals surface area contributed by atoms with Gasteiger partial charge in [0.25, 0.3) is 0 Å². The number of hydrogen-bond acceptors (Lipinski definition) is 4. The minimum atomic E-state index is 0.410. The largest absolute Gasteiger partial charge is 0.306 e. The molecule has 1 aromatic heterocycles. The number of nitrogens with zero attached hydrogens (tertiary/aromatic N) is 4. The zero-order chi connectivity index (χ0) is 9.26. The molecule has 1 saturated heterocycles. The van der Waals surface area contributed by atoms with Crippen LogP contribution in [0.15, 0.2) is 6.20 Å². The summed E-state index contributed by atoms with van der Waals surface area (Å²) in [5, 5.41) is 7.55. The van der Waals surface area contributed by atoms with E-state index < -0.39 is 0 Å². The number of carbonyl (C=O) groups is 1. The number of likely N-dealkylation sites (tertiary alicyclic amines) is 1. The van der Waals surface area contributed by atoms with Crippen molar-refractivity contribution < 1.29 is 4.79 Å². The predicted octanol–water partition coefficient (Wildman–Crippen LogP) is -0.348. The minimum Gasteiger partial charge on any atom is -0.306 e. The number of hydrogen-bond donors (Lipinski definition) is 0. The quantitative estimate of drug-likeness (QED) is 0.597. The molecule has 0 aromatic carbocycles. The third-order valence-electron chi connectivity index (χ3n) is 2.26. The van der Waals surface area contributed by atoms with Gasteiger partial charge in [-0.05, 0) is 7.05 Å². The molecule has 0 atom stereocenters. The summed E-state index contributed by atoms with van der Waals surface area (Å²) in [5.41, 5.74) is 0.410. The maximum Gasteiger partial charge on any atom is 0.171 e. The summed E-state index contributed by atoms with van der Waals surface area (Å²) >= 11 is 0. The zero-order valence-corrected chi connectivity index (χ0v) is 7.55. The fourth-order valence-electron chi connectivity index (χ4n) is 1.66. The van der Waals surface area contributed by atoms with Gasteiger partial charge in [0.05, 0.1) is 6.20 Å². The maximum atomic E-state index is 10.3. The maximum absolute atomic E-state index is 10.3. The molecule has 13 heavy (non-hydrogen) atoms. The lowest BCUT2D eigenvalue weighted by atomic mass is 10.0. The highest BCUT2D eigenvalue weighted by Crippen LogP contribution is 2.14. The number of aldehydes is 1. The second-order valence-electron chi connectivity index (χ2n) is 3.57. The van der Waals surface area contributed by atoms with E-state index in [-0.39, 0.29) is 0 Å². The average molecular weight is 180 g/mol. The number of rotatable bonds is 3. The first-order chi connectivity index (χ1) is 6.28. The van der Waals surface area contributed by atoms with Crippen LogP contribution in [-0.4, -0.2) is 46.3 Å². The highest BCUT2D eigenvalue weighted by molar-refractivity contribution is 5.70. The molecule has 70 valence electrons. The van der Waals surface area contributed by atoms with Crippen LogP contribution in [0.3, 0.4) is 0 Å². The van der Waals surface area contributed by atoms with E-state index in [2.05, 4.69) is 22.3 Å². The molecule has 0 saturated carbocycles. The van der Waals surface area contributed by atoms with Gasteiger partial charge in [-0.3, -0.25) is 9.48 Å². The molecule has 0 aliphatic carbocycles. The van der Waals surface area contributed by atoms with Crippen molar-refractivity contribution in [2.75, 3.05) is 20.1 Å². The molecule has 0 N–H and O–H groups in total. The van der Waals surface area contributed by atoms with Crippen molar-refractivity contribution in [1.29, 1.82) is 0 Å². The van der Waals surface area contributed by atoms with Gasteiger partial charge in [-0.25, -0.2) is 0 Å². The number of aromatic nitrogens is 3. The smallest absolute Gasteiger partial charge is 0.171 e. The van der Waals surface area contributed by atoms with Gasteiger partial charge in [0.15, 0.2) is 6.29 Å². The van der Waals surface area contributed by atoms with Crippen LogP contribution in [0.2, 0.25) is 0 Å². The SMILES string of the molecule is CN1CC(Cn2cc(C=O)nn2)C1. The molecular weight excluding hydrogens is 168 g/mol. The van der Waals surface area contributed by atoms with E-state index in [4.69, 9.17) is 0 Å². The van der Waals surface area contributed by atoms with Gasteiger partial charge in [-0.1, -0.05) is 5.21 Å². The van der Waals surface area contributed by atoms with E-state index in [1.165, 1.54) is 0 Å². The summed E-state index contributed by atoms with van der Waals surface area (Å²) in [4.78, 5) is 12.6. The van der Waals surface area contributed by atoms with E-state index in [0.717, 1.165) is 25.9 Å². The second kappa shape index (κ2) is 3.26. The van der Waals surface area contributed by atoms with Gasteiger partial charge >= 0.3 is 0 Å². The van der Waals surface area contributed by atoms with E-state index in [9.17, 15) is 4.79 Å². The standard InChI is InChI=1S/C8H12N4O/c1-11-2-7(3-11)4-12-5-8(6-13)9-10-12/h5-7H,2-4H2,1H3. The van der Waals surface area contributed by atoms with Crippen LogP contribution in [0.4, 0.5) is 0 Å². The van der Waals surface area contributed by atoms with Crippen molar-refractivity contribution in [2.45, 2.75) is 6.54 Å². The predicted molar refractivity (Wildman–Crippen MR) is 46.4 cm³/mol. The summed E-state index contributed by atoms with van der Waals surface area (Å²) in [6.45, 7) is 3.08. The molecule has 1 fully saturated rings. The van der Waals surface area contributed by atoms with Gasteiger partial charge in [-0.2, -0.15) is 0 Å². The molecule has 0 spiro atoms. The van der Waals surface area contributed by atoms with Crippen LogP contribution in [-0.2, 0) is 6.54 Å². The molecule has 0 amide bonds. The first-order valence-corrected chi connectivity index (χ1v) is 4.32. The van der Waals surface area contributed by atoms with Gasteiger partial charge in [0.2, 0.25) is 0 Å². The van der Waals surface area contributed by atoms with Crippen molar-refractivity contribution in [3.63, 3.8) is 0 Å². The Balaban J connectivity index is 1.91. The van der Waals surface area contributed by atoms with Crippen molar-refractivity contribution >= 4 is 6.29 Å². The molecule has 1 aliphatic rings. The van der Waals surface area contributed by atoms with Crippen LogP contribution < -0.4 is 0 Å². The summed E-state index contributed by atoms with van der Waals surface area (Å²) < 4.78 is 1.74. The van der Waals surface area contributed by atoms with Crippen LogP contribution in [0.1, 0.15) is 10.5 Å². The van der Waals surface area contributed by atoms with Crippen molar-refractivity contribution in [2.24, 2.45) is 5.92 Å². The molecule has 0 unspecified atom stereocenters. The summed E-state index contributed by atoms with van der Waals surface area (Å²) in [5.74, 6) is 0.659. The zero-order valence-electron chi connectivity index (χ0n) is 7.55. The molecule has 1 aliphatic heterocycles. The van der Waals surface area contributed by atoms with Gasteiger partial charge in [0, 0.05) is 25.6 Å².